The van der Waals surface area contributed by atoms with Crippen LogP contribution in [0.5, 0.6) is 17.2 Å². The Bertz CT molecular complexity index is 791. The van der Waals surface area contributed by atoms with Gasteiger partial charge in [0, 0.05) is 6.07 Å². The highest BCUT2D eigenvalue weighted by molar-refractivity contribution is 5.94. The van der Waals surface area contributed by atoms with Crippen LogP contribution in [0.25, 0.3) is 0 Å². The third-order valence-corrected chi connectivity index (χ3v) is 4.38. The van der Waals surface area contributed by atoms with E-state index in [4.69, 9.17) is 19.9 Å². The minimum absolute atomic E-state index is 0.0855. The fourth-order valence-electron chi connectivity index (χ4n) is 2.90. The maximum absolute atomic E-state index is 6.17. The molecule has 7 heteroatoms. The number of methoxy groups -OCH3 is 1. The normalized spacial score (nSPS) is 12.6. The standard InChI is InChI=1S/C22H32N4O3/c1-6-28-18-12-13-21(29-7-2)19(14-18)25-22(23)24-15-20(26(3)4)16-8-10-17(27-5)11-9-16/h8-14,20H,6-7,15H2,1-5H3,(H3,23,24,25). The highest BCUT2D eigenvalue weighted by atomic mass is 16.5. The van der Waals surface area contributed by atoms with Gasteiger partial charge in [0.1, 0.15) is 17.2 Å². The molecule has 29 heavy (non-hydrogen) atoms. The summed E-state index contributed by atoms with van der Waals surface area (Å²) in [5.41, 5.74) is 8.04. The lowest BCUT2D eigenvalue weighted by molar-refractivity contribution is 0.306. The minimum atomic E-state index is 0.0855. The summed E-state index contributed by atoms with van der Waals surface area (Å²) in [7, 11) is 5.70. The largest absolute Gasteiger partial charge is 0.497 e. The van der Waals surface area contributed by atoms with Crippen molar-refractivity contribution in [1.29, 1.82) is 0 Å². The van der Waals surface area contributed by atoms with Crippen LogP contribution in [-0.2, 0) is 0 Å². The lowest BCUT2D eigenvalue weighted by Gasteiger charge is -2.23. The molecule has 0 heterocycles. The summed E-state index contributed by atoms with van der Waals surface area (Å²) < 4.78 is 16.5. The number of nitrogens with one attached hydrogen (secondary N) is 1. The number of likely N-dealkylation sites (N-methyl/N-ethyl adjacent to an activating group) is 1. The molecule has 0 aliphatic heterocycles. The number of nitrogens with zero attached hydrogens (tertiary/aromatic N) is 2. The summed E-state index contributed by atoms with van der Waals surface area (Å²) in [5, 5.41) is 3.14. The van der Waals surface area contributed by atoms with Crippen LogP contribution in [0.3, 0.4) is 0 Å². The Kier molecular flexibility index (Phi) is 8.61. The average molecular weight is 401 g/mol. The molecule has 1 atom stereocenters. The molecule has 7 nitrogen and oxygen atoms in total. The molecule has 0 aromatic heterocycles. The summed E-state index contributed by atoms with van der Waals surface area (Å²) in [4.78, 5) is 6.66. The summed E-state index contributed by atoms with van der Waals surface area (Å²) in [6, 6.07) is 13.7. The number of hydrogen-bond acceptors (Lipinski definition) is 5. The van der Waals surface area contributed by atoms with E-state index in [0.717, 1.165) is 22.7 Å². The average Bonchev–Trinajstić information content (AvgIpc) is 2.70. The van der Waals surface area contributed by atoms with Gasteiger partial charge in [0.15, 0.2) is 5.96 Å². The molecule has 0 fully saturated rings. The van der Waals surface area contributed by atoms with Gasteiger partial charge >= 0.3 is 0 Å². The van der Waals surface area contributed by atoms with Crippen molar-refractivity contribution in [3.63, 3.8) is 0 Å². The van der Waals surface area contributed by atoms with Crippen LogP contribution in [0.1, 0.15) is 25.5 Å². The Hall–Kier alpha value is -2.93. The molecule has 2 rings (SSSR count). The second-order valence-corrected chi connectivity index (χ2v) is 6.63. The summed E-state index contributed by atoms with van der Waals surface area (Å²) >= 11 is 0. The minimum Gasteiger partial charge on any atom is -0.497 e. The van der Waals surface area contributed by atoms with Crippen LogP contribution in [0.4, 0.5) is 5.69 Å². The lowest BCUT2D eigenvalue weighted by Crippen LogP contribution is -2.27. The van der Waals surface area contributed by atoms with Gasteiger partial charge < -0.3 is 30.2 Å². The number of aliphatic imine (C=N–C) groups is 1. The van der Waals surface area contributed by atoms with Gasteiger partial charge in [-0.2, -0.15) is 0 Å². The van der Waals surface area contributed by atoms with Crippen molar-refractivity contribution in [1.82, 2.24) is 4.90 Å². The van der Waals surface area contributed by atoms with E-state index in [1.54, 1.807) is 7.11 Å². The number of rotatable bonds is 10. The number of ether oxygens (including phenoxy) is 3. The predicted molar refractivity (Wildman–Crippen MR) is 118 cm³/mol. The Morgan fingerprint density at radius 2 is 1.69 bits per heavy atom. The Balaban J connectivity index is 2.15. The predicted octanol–water partition coefficient (Wildman–Crippen LogP) is 3.52. The molecule has 0 spiro atoms. The Labute approximate surface area is 173 Å². The molecule has 0 bridgehead atoms. The third kappa shape index (κ3) is 6.57. The first kappa shape index (κ1) is 22.4. The van der Waals surface area contributed by atoms with Crippen LogP contribution in [0.2, 0.25) is 0 Å². The van der Waals surface area contributed by atoms with Crippen molar-refractivity contribution >= 4 is 11.6 Å². The van der Waals surface area contributed by atoms with Crippen LogP contribution in [-0.4, -0.2) is 51.8 Å². The first-order valence-electron chi connectivity index (χ1n) is 9.75. The fourth-order valence-corrected chi connectivity index (χ4v) is 2.90. The Morgan fingerprint density at radius 1 is 1.03 bits per heavy atom. The second kappa shape index (κ2) is 11.2. The number of hydrogen-bond donors (Lipinski definition) is 2. The van der Waals surface area contributed by atoms with Gasteiger partial charge in [0.25, 0.3) is 0 Å². The lowest BCUT2D eigenvalue weighted by atomic mass is 10.1. The molecule has 3 N–H and O–H groups in total. The zero-order valence-electron chi connectivity index (χ0n) is 17.9. The van der Waals surface area contributed by atoms with Crippen molar-refractivity contribution in [3.8, 4) is 17.2 Å². The van der Waals surface area contributed by atoms with Crippen molar-refractivity contribution in [2.24, 2.45) is 10.7 Å². The van der Waals surface area contributed by atoms with Gasteiger partial charge in [-0.3, -0.25) is 4.99 Å². The smallest absolute Gasteiger partial charge is 0.193 e. The van der Waals surface area contributed by atoms with Crippen molar-refractivity contribution < 1.29 is 14.2 Å². The molecule has 2 aromatic carbocycles. The molecule has 0 aliphatic rings. The second-order valence-electron chi connectivity index (χ2n) is 6.63. The number of nitrogens with two attached hydrogens (primary N) is 1. The summed E-state index contributed by atoms with van der Waals surface area (Å²) in [5.74, 6) is 2.60. The van der Waals surface area contributed by atoms with Crippen molar-refractivity contribution in [3.05, 3.63) is 48.0 Å². The fraction of sp³-hybridized carbons (Fsp3) is 0.409. The first-order valence-corrected chi connectivity index (χ1v) is 9.75. The van der Waals surface area contributed by atoms with E-state index in [0.29, 0.717) is 31.5 Å². The molecule has 0 amide bonds. The number of guanidine groups is 1. The number of benzene rings is 2. The molecule has 0 saturated carbocycles. The zero-order chi connectivity index (χ0) is 21.2. The van der Waals surface area contributed by atoms with Crippen LogP contribution in [0, 0.1) is 0 Å². The zero-order valence-corrected chi connectivity index (χ0v) is 17.9. The SMILES string of the molecule is CCOc1ccc(OCC)c(NC(N)=NCC(c2ccc(OC)cc2)N(C)C)c1. The Morgan fingerprint density at radius 3 is 2.28 bits per heavy atom. The molecule has 0 saturated heterocycles. The molecule has 0 aliphatic carbocycles. The van der Waals surface area contributed by atoms with Crippen LogP contribution in [0.15, 0.2) is 47.5 Å². The summed E-state index contributed by atoms with van der Waals surface area (Å²) in [6.45, 7) is 5.53. The highest BCUT2D eigenvalue weighted by Crippen LogP contribution is 2.29. The molecule has 2 aromatic rings. The van der Waals surface area contributed by atoms with E-state index in [2.05, 4.69) is 15.2 Å². The maximum Gasteiger partial charge on any atom is 0.193 e. The molecule has 0 radical (unpaired) electrons. The van der Waals surface area contributed by atoms with Gasteiger partial charge in [0.2, 0.25) is 0 Å². The van der Waals surface area contributed by atoms with E-state index >= 15 is 0 Å². The van der Waals surface area contributed by atoms with E-state index in [1.807, 2.05) is 70.4 Å². The van der Waals surface area contributed by atoms with Crippen LogP contribution < -0.4 is 25.3 Å². The van der Waals surface area contributed by atoms with Gasteiger partial charge in [-0.1, -0.05) is 12.1 Å². The van der Waals surface area contributed by atoms with Crippen molar-refractivity contribution in [2.45, 2.75) is 19.9 Å². The van der Waals surface area contributed by atoms with E-state index < -0.39 is 0 Å². The quantitative estimate of drug-likeness (QED) is 0.469. The topological polar surface area (TPSA) is 81.3 Å². The van der Waals surface area contributed by atoms with Gasteiger partial charge in [0.05, 0.1) is 38.6 Å². The molecular formula is C22H32N4O3. The molecular weight excluding hydrogens is 368 g/mol. The molecule has 1 unspecified atom stereocenters. The van der Waals surface area contributed by atoms with Gasteiger partial charge in [-0.25, -0.2) is 0 Å². The molecule has 158 valence electrons. The van der Waals surface area contributed by atoms with Crippen molar-refractivity contribution in [2.75, 3.05) is 46.3 Å². The van der Waals surface area contributed by atoms with E-state index in [1.165, 1.54) is 0 Å². The van der Waals surface area contributed by atoms with Gasteiger partial charge in [-0.05, 0) is 57.8 Å². The van der Waals surface area contributed by atoms with E-state index in [9.17, 15) is 0 Å². The highest BCUT2D eigenvalue weighted by Gasteiger charge is 2.14. The summed E-state index contributed by atoms with van der Waals surface area (Å²) in [6.07, 6.45) is 0. The first-order chi connectivity index (χ1) is 14.0. The number of anilines is 1. The maximum atomic E-state index is 6.17. The van der Waals surface area contributed by atoms with E-state index in [-0.39, 0.29) is 6.04 Å². The third-order valence-electron chi connectivity index (χ3n) is 4.38. The monoisotopic (exact) mass is 400 g/mol. The van der Waals surface area contributed by atoms with Gasteiger partial charge in [-0.15, -0.1) is 0 Å². The van der Waals surface area contributed by atoms with Crippen LogP contribution >= 0.6 is 0 Å².